The molecule has 1 heterocycles. The molecule has 0 fully saturated rings. The van der Waals surface area contributed by atoms with Crippen LogP contribution in [0.25, 0.3) is 0 Å². The average molecular weight is 320 g/mol. The molecular weight excluding hydrogens is 304 g/mol. The largest absolute Gasteiger partial charge is 0.497 e. The smallest absolute Gasteiger partial charge is 0.257 e. The Kier molecular flexibility index (Phi) is 5.37. The van der Waals surface area contributed by atoms with Gasteiger partial charge < -0.3 is 4.74 Å². The van der Waals surface area contributed by atoms with E-state index in [4.69, 9.17) is 17.0 Å². The second-order valence-electron chi connectivity index (χ2n) is 4.36. The van der Waals surface area contributed by atoms with E-state index in [0.29, 0.717) is 23.8 Å². The molecule has 0 aliphatic rings. The fourth-order valence-corrected chi connectivity index (χ4v) is 1.89. The van der Waals surface area contributed by atoms with Gasteiger partial charge in [-0.15, -0.1) is 0 Å². The molecular formula is C13H16N6O2S. The van der Waals surface area contributed by atoms with Gasteiger partial charge in [-0.05, 0) is 53.3 Å². The maximum Gasteiger partial charge on any atom is 0.257 e. The van der Waals surface area contributed by atoms with Crippen molar-refractivity contribution in [3.63, 3.8) is 0 Å². The van der Waals surface area contributed by atoms with Gasteiger partial charge in [-0.3, -0.25) is 15.4 Å². The van der Waals surface area contributed by atoms with Gasteiger partial charge >= 0.3 is 0 Å². The fraction of sp³-hybridized carbons (Fsp3) is 0.308. The molecule has 0 atom stereocenters. The third-order valence-electron chi connectivity index (χ3n) is 2.77. The summed E-state index contributed by atoms with van der Waals surface area (Å²) in [6.45, 7) is 2.67. The van der Waals surface area contributed by atoms with E-state index < -0.39 is 0 Å². The second kappa shape index (κ2) is 7.46. The molecule has 9 heteroatoms. The van der Waals surface area contributed by atoms with Crippen molar-refractivity contribution >= 4 is 29.2 Å². The van der Waals surface area contributed by atoms with Crippen molar-refractivity contribution in [2.45, 2.75) is 19.9 Å². The highest BCUT2D eigenvalue weighted by Gasteiger charge is 2.11. The quantitative estimate of drug-likeness (QED) is 0.800. The van der Waals surface area contributed by atoms with E-state index in [0.717, 1.165) is 6.42 Å². The van der Waals surface area contributed by atoms with Crippen LogP contribution in [0.1, 0.15) is 23.7 Å². The van der Waals surface area contributed by atoms with Crippen LogP contribution in [0.4, 0.5) is 5.95 Å². The monoisotopic (exact) mass is 320 g/mol. The summed E-state index contributed by atoms with van der Waals surface area (Å²) < 4.78 is 6.62. The van der Waals surface area contributed by atoms with Crippen LogP contribution >= 0.6 is 12.2 Å². The number of nitrogens with one attached hydrogen (secondary N) is 2. The number of hydrogen-bond donors (Lipinski definition) is 2. The number of anilines is 1. The lowest BCUT2D eigenvalue weighted by Crippen LogP contribution is -2.35. The summed E-state index contributed by atoms with van der Waals surface area (Å²) in [5.74, 6) is 0.743. The second-order valence-corrected chi connectivity index (χ2v) is 4.77. The minimum atomic E-state index is -0.324. The van der Waals surface area contributed by atoms with E-state index in [2.05, 4.69) is 26.2 Å². The van der Waals surface area contributed by atoms with Gasteiger partial charge in [0.2, 0.25) is 5.95 Å². The number of rotatable bonds is 5. The predicted molar refractivity (Wildman–Crippen MR) is 84.8 cm³/mol. The Bertz CT molecular complexity index is 655. The van der Waals surface area contributed by atoms with Crippen LogP contribution < -0.4 is 15.4 Å². The molecule has 0 radical (unpaired) electrons. The van der Waals surface area contributed by atoms with E-state index >= 15 is 0 Å². The number of methoxy groups -OCH3 is 1. The number of nitrogens with zero attached hydrogens (tertiary/aromatic N) is 4. The van der Waals surface area contributed by atoms with E-state index in [-0.39, 0.29) is 11.0 Å². The lowest BCUT2D eigenvalue weighted by Gasteiger charge is -2.09. The van der Waals surface area contributed by atoms with Crippen LogP contribution in [0.15, 0.2) is 24.3 Å². The van der Waals surface area contributed by atoms with Crippen LogP contribution in [0, 0.1) is 0 Å². The number of thiocarbonyl (C=S) groups is 1. The first-order chi connectivity index (χ1) is 10.6. The first-order valence-corrected chi connectivity index (χ1v) is 7.07. The molecule has 1 aromatic heterocycles. The van der Waals surface area contributed by atoms with Gasteiger partial charge in [0.05, 0.1) is 7.11 Å². The van der Waals surface area contributed by atoms with Crippen molar-refractivity contribution in [3.8, 4) is 5.75 Å². The highest BCUT2D eigenvalue weighted by Crippen LogP contribution is 2.11. The zero-order valence-corrected chi connectivity index (χ0v) is 13.1. The third kappa shape index (κ3) is 3.98. The van der Waals surface area contributed by atoms with Crippen molar-refractivity contribution in [1.82, 2.24) is 25.5 Å². The molecule has 22 heavy (non-hydrogen) atoms. The number of ether oxygens (including phenoxy) is 1. The number of carbonyl (C=O) groups is 1. The molecule has 0 saturated carbocycles. The van der Waals surface area contributed by atoms with Crippen molar-refractivity contribution in [2.24, 2.45) is 0 Å². The minimum Gasteiger partial charge on any atom is -0.497 e. The molecule has 2 aromatic rings. The number of amides is 1. The Morgan fingerprint density at radius 3 is 2.73 bits per heavy atom. The van der Waals surface area contributed by atoms with Crippen molar-refractivity contribution in [2.75, 3.05) is 12.4 Å². The Balaban J connectivity index is 1.95. The third-order valence-corrected chi connectivity index (χ3v) is 2.98. The van der Waals surface area contributed by atoms with Crippen molar-refractivity contribution < 1.29 is 9.53 Å². The van der Waals surface area contributed by atoms with Gasteiger partial charge in [-0.1, -0.05) is 12.0 Å². The summed E-state index contributed by atoms with van der Waals surface area (Å²) in [5, 5.41) is 16.7. The number of aryl methyl sites for hydroxylation is 1. The first-order valence-electron chi connectivity index (χ1n) is 6.66. The molecule has 8 nitrogen and oxygen atoms in total. The maximum atomic E-state index is 12.1. The Morgan fingerprint density at radius 1 is 1.36 bits per heavy atom. The summed E-state index contributed by atoms with van der Waals surface area (Å²) >= 11 is 5.09. The van der Waals surface area contributed by atoms with E-state index in [1.807, 2.05) is 6.92 Å². The Labute approximate surface area is 132 Å². The summed E-state index contributed by atoms with van der Waals surface area (Å²) in [7, 11) is 1.56. The molecule has 1 amide bonds. The molecule has 0 unspecified atom stereocenters. The fourth-order valence-electron chi connectivity index (χ4n) is 1.71. The highest BCUT2D eigenvalue weighted by molar-refractivity contribution is 7.80. The summed E-state index contributed by atoms with van der Waals surface area (Å²) in [6.07, 6.45) is 0.880. The molecule has 0 bridgehead atoms. The molecule has 0 saturated heterocycles. The van der Waals surface area contributed by atoms with Gasteiger partial charge in [0.25, 0.3) is 5.91 Å². The number of tetrazole rings is 1. The zero-order chi connectivity index (χ0) is 15.9. The lowest BCUT2D eigenvalue weighted by atomic mass is 10.2. The molecule has 0 spiro atoms. The molecule has 0 aliphatic heterocycles. The van der Waals surface area contributed by atoms with Gasteiger partial charge in [0.15, 0.2) is 5.11 Å². The molecule has 0 aliphatic carbocycles. The normalized spacial score (nSPS) is 10.1. The van der Waals surface area contributed by atoms with Crippen LogP contribution in [0.5, 0.6) is 5.75 Å². The van der Waals surface area contributed by atoms with E-state index in [1.165, 1.54) is 0 Å². The van der Waals surface area contributed by atoms with Crippen LogP contribution in [0.2, 0.25) is 0 Å². The number of benzene rings is 1. The van der Waals surface area contributed by atoms with Gasteiger partial charge in [-0.25, -0.2) is 4.68 Å². The summed E-state index contributed by atoms with van der Waals surface area (Å²) in [5.41, 5.74) is 0.470. The maximum absolute atomic E-state index is 12.1. The van der Waals surface area contributed by atoms with Crippen LogP contribution in [-0.2, 0) is 6.54 Å². The van der Waals surface area contributed by atoms with Gasteiger partial charge in [-0.2, -0.15) is 0 Å². The lowest BCUT2D eigenvalue weighted by molar-refractivity contribution is 0.0977. The Morgan fingerprint density at radius 2 is 2.09 bits per heavy atom. The molecule has 1 aromatic carbocycles. The van der Waals surface area contributed by atoms with Crippen LogP contribution in [-0.4, -0.2) is 38.3 Å². The van der Waals surface area contributed by atoms with Gasteiger partial charge in [0, 0.05) is 12.1 Å². The van der Waals surface area contributed by atoms with Crippen molar-refractivity contribution in [3.05, 3.63) is 29.8 Å². The minimum absolute atomic E-state index is 0.132. The SMILES string of the molecule is CCCn1nnnc1NC(=S)NC(=O)c1ccc(OC)cc1. The zero-order valence-electron chi connectivity index (χ0n) is 12.2. The molecule has 2 rings (SSSR count). The average Bonchev–Trinajstić information content (AvgIpc) is 2.94. The first kappa shape index (κ1) is 15.8. The number of carbonyl (C=O) groups excluding carboxylic acids is 1. The van der Waals surface area contributed by atoms with E-state index in [1.54, 1.807) is 36.1 Å². The highest BCUT2D eigenvalue weighted by atomic mass is 32.1. The van der Waals surface area contributed by atoms with E-state index in [9.17, 15) is 4.79 Å². The van der Waals surface area contributed by atoms with Gasteiger partial charge in [0.1, 0.15) is 5.75 Å². The number of aromatic nitrogens is 4. The number of hydrogen-bond acceptors (Lipinski definition) is 6. The molecule has 2 N–H and O–H groups in total. The summed E-state index contributed by atoms with van der Waals surface area (Å²) in [4.78, 5) is 12.1. The van der Waals surface area contributed by atoms with Crippen LogP contribution in [0.3, 0.4) is 0 Å². The summed E-state index contributed by atoms with van der Waals surface area (Å²) in [6, 6.07) is 6.70. The van der Waals surface area contributed by atoms with Crippen molar-refractivity contribution in [1.29, 1.82) is 0 Å². The molecule has 116 valence electrons. The Hall–Kier alpha value is -2.55. The standard InChI is InChI=1S/C13H16N6O2S/c1-3-8-19-12(16-17-18-19)15-13(22)14-11(20)9-4-6-10(21-2)7-5-9/h4-7H,3,8H2,1-2H3,(H2,14,15,16,18,20,22). The topological polar surface area (TPSA) is 94.0 Å². The predicted octanol–water partition coefficient (Wildman–Crippen LogP) is 1.22.